The predicted molar refractivity (Wildman–Crippen MR) is 143 cm³/mol. The number of benzene rings is 1. The number of carbonyl (C=O) groups is 2. The fourth-order valence-electron chi connectivity index (χ4n) is 6.12. The molecule has 0 saturated carbocycles. The maximum absolute atomic E-state index is 13.6. The van der Waals surface area contributed by atoms with Crippen LogP contribution < -0.4 is 0 Å². The molecule has 212 valence electrons. The van der Waals surface area contributed by atoms with Gasteiger partial charge in [0.2, 0.25) is 0 Å². The lowest BCUT2D eigenvalue weighted by Crippen LogP contribution is -2.56. The molecule has 2 unspecified atom stereocenters. The molecule has 0 N–H and O–H groups in total. The topological polar surface area (TPSA) is 151 Å². The summed E-state index contributed by atoms with van der Waals surface area (Å²) in [5.41, 5.74) is -2.67. The third-order valence-electron chi connectivity index (χ3n) is 7.60. The zero-order valence-corrected chi connectivity index (χ0v) is 23.4. The smallest absolute Gasteiger partial charge is 0.410 e. The normalized spacial score (nSPS) is 22.8. The molecular weight excluding hydrogens is 540 g/mol. The van der Waals surface area contributed by atoms with Crippen molar-refractivity contribution in [2.24, 2.45) is 0 Å². The van der Waals surface area contributed by atoms with E-state index >= 15 is 0 Å². The van der Waals surface area contributed by atoms with Crippen molar-refractivity contribution in [3.05, 3.63) is 64.5 Å². The number of methoxy groups -OCH3 is 1. The van der Waals surface area contributed by atoms with E-state index in [1.807, 2.05) is 0 Å². The maximum Gasteiger partial charge on any atom is 0.410 e. The molecule has 2 bridgehead atoms. The van der Waals surface area contributed by atoms with E-state index in [1.54, 1.807) is 43.9 Å². The molecule has 1 aromatic carbocycles. The van der Waals surface area contributed by atoms with Gasteiger partial charge < -0.3 is 14.4 Å². The van der Waals surface area contributed by atoms with Gasteiger partial charge in [0.05, 0.1) is 22.5 Å². The van der Waals surface area contributed by atoms with Crippen LogP contribution in [0.1, 0.15) is 52.0 Å². The molecule has 5 rings (SSSR count). The van der Waals surface area contributed by atoms with E-state index in [4.69, 9.17) is 9.47 Å². The Morgan fingerprint density at radius 2 is 1.73 bits per heavy atom. The number of fused-ring (bicyclic) bond motifs is 3. The van der Waals surface area contributed by atoms with Gasteiger partial charge in [-0.15, -0.1) is 0 Å². The minimum Gasteiger partial charge on any atom is -0.468 e. The van der Waals surface area contributed by atoms with E-state index in [0.29, 0.717) is 12.8 Å². The average Bonchev–Trinajstić information content (AvgIpc) is 3.46. The lowest BCUT2D eigenvalue weighted by atomic mass is 9.68. The van der Waals surface area contributed by atoms with Gasteiger partial charge in [-0.05, 0) is 64.7 Å². The molecule has 2 atom stereocenters. The molecule has 2 aromatic heterocycles. The predicted octanol–water partition coefficient (Wildman–Crippen LogP) is 4.15. The summed E-state index contributed by atoms with van der Waals surface area (Å²) in [6, 6.07) is 8.28. The van der Waals surface area contributed by atoms with Crippen molar-refractivity contribution >= 4 is 38.8 Å². The van der Waals surface area contributed by atoms with Crippen molar-refractivity contribution in [3.63, 3.8) is 0 Å². The molecule has 12 nitrogen and oxygen atoms in total. The van der Waals surface area contributed by atoms with Crippen LogP contribution in [0.5, 0.6) is 0 Å². The highest BCUT2D eigenvalue weighted by Crippen LogP contribution is 2.52. The number of piperidine rings is 1. The van der Waals surface area contributed by atoms with Crippen LogP contribution in [-0.4, -0.2) is 64.1 Å². The summed E-state index contributed by atoms with van der Waals surface area (Å²) in [5.74, 6) is -0.692. The van der Waals surface area contributed by atoms with E-state index in [2.05, 4.69) is 4.98 Å². The number of rotatable bonds is 5. The lowest BCUT2D eigenvalue weighted by Gasteiger charge is -2.44. The molecule has 2 saturated heterocycles. The zero-order chi connectivity index (χ0) is 29.0. The summed E-state index contributed by atoms with van der Waals surface area (Å²) < 4.78 is 38.7. The van der Waals surface area contributed by atoms with E-state index in [9.17, 15) is 28.1 Å². The standard InChI is InChI=1S/C27H30N4O8S/c1-26(2,3)39-25(33)30-17-10-11-18(30)15-27(14-17,24(32)38-4)22-20-12-13-29(23(20)28-16-21(22)31(34)35)40(36,37)19-8-6-5-7-9-19/h5-9,12-13,16-18H,10-11,14-15H2,1-4H3. The zero-order valence-electron chi connectivity index (χ0n) is 22.6. The Morgan fingerprint density at radius 3 is 2.27 bits per heavy atom. The lowest BCUT2D eigenvalue weighted by molar-refractivity contribution is -0.386. The van der Waals surface area contributed by atoms with Crippen molar-refractivity contribution in [2.75, 3.05) is 7.11 Å². The SMILES string of the molecule is COC(=O)C1(c2c([N+](=O)[O-])cnc3c2ccn3S(=O)(=O)c2ccccc2)CC2CCC(C1)N2C(=O)OC(C)(C)C. The first-order valence-corrected chi connectivity index (χ1v) is 14.3. The summed E-state index contributed by atoms with van der Waals surface area (Å²) in [5, 5.41) is 12.5. The van der Waals surface area contributed by atoms with E-state index in [1.165, 1.54) is 31.5 Å². The minimum atomic E-state index is -4.10. The number of hydrogen-bond donors (Lipinski definition) is 0. The van der Waals surface area contributed by atoms with Gasteiger partial charge in [-0.2, -0.15) is 0 Å². The van der Waals surface area contributed by atoms with Crippen molar-refractivity contribution in [3.8, 4) is 0 Å². The van der Waals surface area contributed by atoms with Gasteiger partial charge in [-0.1, -0.05) is 18.2 Å². The molecule has 2 aliphatic rings. The summed E-state index contributed by atoms with van der Waals surface area (Å²) in [6.07, 6.45) is 3.01. The van der Waals surface area contributed by atoms with Gasteiger partial charge >= 0.3 is 12.1 Å². The number of esters is 1. The second-order valence-electron chi connectivity index (χ2n) is 11.2. The van der Waals surface area contributed by atoms with E-state index < -0.39 is 55.8 Å². The Hall–Kier alpha value is -4.00. The Labute approximate surface area is 231 Å². The summed E-state index contributed by atoms with van der Waals surface area (Å²) in [6.45, 7) is 5.29. The maximum atomic E-state index is 13.6. The molecule has 40 heavy (non-hydrogen) atoms. The van der Waals surface area contributed by atoms with Gasteiger partial charge in [0, 0.05) is 23.7 Å². The number of hydrogen-bond acceptors (Lipinski definition) is 9. The molecule has 0 spiro atoms. The molecule has 0 radical (unpaired) electrons. The highest BCUT2D eigenvalue weighted by molar-refractivity contribution is 7.90. The number of amides is 1. The number of nitro groups is 1. The van der Waals surface area contributed by atoms with Crippen molar-refractivity contribution in [1.82, 2.24) is 13.9 Å². The van der Waals surface area contributed by atoms with Crippen molar-refractivity contribution in [1.29, 1.82) is 0 Å². The summed E-state index contributed by atoms with van der Waals surface area (Å²) in [4.78, 5) is 44.2. The van der Waals surface area contributed by atoms with E-state index in [0.717, 1.165) is 10.2 Å². The largest absolute Gasteiger partial charge is 0.468 e. The monoisotopic (exact) mass is 570 g/mol. The number of carbonyl (C=O) groups excluding carboxylic acids is 2. The Balaban J connectivity index is 1.69. The molecule has 4 heterocycles. The first-order chi connectivity index (χ1) is 18.8. The highest BCUT2D eigenvalue weighted by atomic mass is 32.2. The van der Waals surface area contributed by atoms with E-state index in [-0.39, 0.29) is 34.3 Å². The fourth-order valence-corrected chi connectivity index (χ4v) is 7.45. The average molecular weight is 571 g/mol. The molecule has 13 heteroatoms. The Bertz CT molecular complexity index is 1600. The van der Waals surface area contributed by atoms with Crippen LogP contribution in [0.15, 0.2) is 53.7 Å². The molecule has 2 fully saturated rings. The van der Waals surface area contributed by atoms with Gasteiger partial charge in [0.25, 0.3) is 15.7 Å². The van der Waals surface area contributed by atoms with Crippen LogP contribution in [0.4, 0.5) is 10.5 Å². The number of nitrogens with zero attached hydrogens (tertiary/aromatic N) is 4. The fraction of sp³-hybridized carbons (Fsp3) is 0.444. The molecule has 2 aliphatic heterocycles. The molecule has 1 amide bonds. The van der Waals surface area contributed by atoms with Crippen molar-refractivity contribution < 1.29 is 32.4 Å². The Kier molecular flexibility index (Phi) is 6.60. The number of aromatic nitrogens is 2. The second-order valence-corrected chi connectivity index (χ2v) is 13.0. The minimum absolute atomic E-state index is 0.0144. The van der Waals surface area contributed by atoms with Crippen LogP contribution in [0.2, 0.25) is 0 Å². The third-order valence-corrected chi connectivity index (χ3v) is 9.29. The van der Waals surface area contributed by atoms with Crippen molar-refractivity contribution in [2.45, 2.75) is 74.4 Å². The first-order valence-electron chi connectivity index (χ1n) is 12.9. The molecular formula is C27H30N4O8S. The number of ether oxygens (including phenoxy) is 2. The summed E-state index contributed by atoms with van der Waals surface area (Å²) in [7, 11) is -2.89. The second kappa shape index (κ2) is 9.58. The molecule has 3 aromatic rings. The third kappa shape index (κ3) is 4.37. The Morgan fingerprint density at radius 1 is 1.10 bits per heavy atom. The quantitative estimate of drug-likeness (QED) is 0.250. The van der Waals surface area contributed by atoms with Gasteiger partial charge in [-0.25, -0.2) is 22.2 Å². The van der Waals surface area contributed by atoms with Crippen LogP contribution in [0, 0.1) is 10.1 Å². The highest BCUT2D eigenvalue weighted by Gasteiger charge is 2.58. The van der Waals surface area contributed by atoms with Gasteiger partial charge in [0.1, 0.15) is 17.2 Å². The summed E-state index contributed by atoms with van der Waals surface area (Å²) >= 11 is 0. The number of pyridine rings is 1. The van der Waals surface area contributed by atoms with Crippen LogP contribution in [0.3, 0.4) is 0 Å². The van der Waals surface area contributed by atoms with Crippen LogP contribution in [0.25, 0.3) is 11.0 Å². The van der Waals surface area contributed by atoms with Crippen LogP contribution >= 0.6 is 0 Å². The van der Waals surface area contributed by atoms with Gasteiger partial charge in [0.15, 0.2) is 5.65 Å². The molecule has 0 aliphatic carbocycles. The van der Waals surface area contributed by atoms with Gasteiger partial charge in [-0.3, -0.25) is 14.9 Å². The van der Waals surface area contributed by atoms with Crippen LogP contribution in [-0.2, 0) is 29.7 Å². The first kappa shape index (κ1) is 27.6.